The van der Waals surface area contributed by atoms with Gasteiger partial charge in [-0.3, -0.25) is 0 Å². The highest BCUT2D eigenvalue weighted by Crippen LogP contribution is 2.24. The van der Waals surface area contributed by atoms with Crippen molar-refractivity contribution in [1.29, 1.82) is 5.26 Å². The zero-order valence-corrected chi connectivity index (χ0v) is 8.40. The minimum absolute atomic E-state index is 0.145. The molecule has 0 radical (unpaired) electrons. The topological polar surface area (TPSA) is 53.2 Å². The lowest BCUT2D eigenvalue weighted by molar-refractivity contribution is 0.168. The number of rotatable bonds is 4. The Morgan fingerprint density at radius 2 is 2.33 bits per heavy atom. The highest BCUT2D eigenvalue weighted by Gasteiger charge is 2.10. The molecule has 0 heterocycles. The third-order valence-corrected chi connectivity index (χ3v) is 2.09. The first-order valence-corrected chi connectivity index (χ1v) is 4.57. The van der Waals surface area contributed by atoms with Crippen LogP contribution in [0.4, 0.5) is 4.39 Å². The Balaban J connectivity index is 2.79. The third kappa shape index (κ3) is 2.93. The Morgan fingerprint density at radius 1 is 1.60 bits per heavy atom. The average molecular weight is 209 g/mol. The zero-order chi connectivity index (χ0) is 11.3. The summed E-state index contributed by atoms with van der Waals surface area (Å²) in [5.74, 6) is -0.364. The molecule has 80 valence electrons. The molecule has 0 spiro atoms. The van der Waals surface area contributed by atoms with Crippen LogP contribution in [0.3, 0.4) is 0 Å². The van der Waals surface area contributed by atoms with Gasteiger partial charge in [-0.15, -0.1) is 0 Å². The standard InChI is InChI=1S/C11H12FNO2/c1-15-11-5-4-8(7-9(11)12)10(14)3-2-6-13/h4-5,7,10,14H,2-3H2,1H3. The third-order valence-electron chi connectivity index (χ3n) is 2.09. The monoisotopic (exact) mass is 209 g/mol. The maximum atomic E-state index is 13.2. The van der Waals surface area contributed by atoms with Crippen molar-refractivity contribution in [2.24, 2.45) is 0 Å². The zero-order valence-electron chi connectivity index (χ0n) is 8.40. The van der Waals surface area contributed by atoms with Crippen molar-refractivity contribution in [2.45, 2.75) is 18.9 Å². The van der Waals surface area contributed by atoms with Crippen molar-refractivity contribution in [2.75, 3.05) is 7.11 Å². The molecule has 0 saturated carbocycles. The van der Waals surface area contributed by atoms with Gasteiger partial charge in [0.25, 0.3) is 0 Å². The minimum Gasteiger partial charge on any atom is -0.494 e. The lowest BCUT2D eigenvalue weighted by Crippen LogP contribution is -1.98. The smallest absolute Gasteiger partial charge is 0.165 e. The normalized spacial score (nSPS) is 11.9. The number of hydrogen-bond acceptors (Lipinski definition) is 3. The summed E-state index contributed by atoms with van der Waals surface area (Å²) in [5.41, 5.74) is 0.462. The average Bonchev–Trinajstić information content (AvgIpc) is 2.25. The van der Waals surface area contributed by atoms with Gasteiger partial charge in [-0.25, -0.2) is 4.39 Å². The van der Waals surface area contributed by atoms with E-state index in [2.05, 4.69) is 0 Å². The quantitative estimate of drug-likeness (QED) is 0.826. The molecule has 0 saturated heterocycles. The number of methoxy groups -OCH3 is 1. The van der Waals surface area contributed by atoms with E-state index in [0.717, 1.165) is 0 Å². The van der Waals surface area contributed by atoms with Crippen LogP contribution in [-0.2, 0) is 0 Å². The van der Waals surface area contributed by atoms with E-state index in [-0.39, 0.29) is 12.2 Å². The van der Waals surface area contributed by atoms with Crippen LogP contribution in [-0.4, -0.2) is 12.2 Å². The Kier molecular flexibility index (Phi) is 4.07. The van der Waals surface area contributed by atoms with Crippen LogP contribution < -0.4 is 4.74 Å². The summed E-state index contributed by atoms with van der Waals surface area (Å²) in [4.78, 5) is 0. The number of benzene rings is 1. The molecule has 1 unspecified atom stereocenters. The van der Waals surface area contributed by atoms with Gasteiger partial charge in [-0.05, 0) is 24.1 Å². The van der Waals surface area contributed by atoms with Crippen molar-refractivity contribution in [3.05, 3.63) is 29.6 Å². The fraction of sp³-hybridized carbons (Fsp3) is 0.364. The van der Waals surface area contributed by atoms with E-state index in [1.54, 1.807) is 6.07 Å². The highest BCUT2D eigenvalue weighted by molar-refractivity contribution is 5.30. The fourth-order valence-corrected chi connectivity index (χ4v) is 1.26. The van der Waals surface area contributed by atoms with Crippen LogP contribution >= 0.6 is 0 Å². The molecular weight excluding hydrogens is 197 g/mol. The molecule has 0 aliphatic heterocycles. The number of halogens is 1. The summed E-state index contributed by atoms with van der Waals surface area (Å²) in [6, 6.07) is 6.20. The molecule has 1 rings (SSSR count). The van der Waals surface area contributed by atoms with Gasteiger partial charge < -0.3 is 9.84 Å². The van der Waals surface area contributed by atoms with Gasteiger partial charge in [0.1, 0.15) is 0 Å². The minimum atomic E-state index is -0.801. The molecule has 1 atom stereocenters. The maximum absolute atomic E-state index is 13.2. The van der Waals surface area contributed by atoms with Crippen LogP contribution in [0.5, 0.6) is 5.75 Å². The van der Waals surface area contributed by atoms with E-state index in [0.29, 0.717) is 12.0 Å². The number of aliphatic hydroxyl groups excluding tert-OH is 1. The molecule has 3 nitrogen and oxygen atoms in total. The number of nitrogens with zero attached hydrogens (tertiary/aromatic N) is 1. The molecule has 1 aromatic rings. The second-order valence-electron chi connectivity index (χ2n) is 3.11. The largest absolute Gasteiger partial charge is 0.494 e. The van der Waals surface area contributed by atoms with Crippen molar-refractivity contribution >= 4 is 0 Å². The molecule has 4 heteroatoms. The van der Waals surface area contributed by atoms with Gasteiger partial charge in [0.15, 0.2) is 11.6 Å². The van der Waals surface area contributed by atoms with Crippen LogP contribution in [0.1, 0.15) is 24.5 Å². The Bertz CT molecular complexity index is 373. The second kappa shape index (κ2) is 5.32. The lowest BCUT2D eigenvalue weighted by atomic mass is 10.1. The van der Waals surface area contributed by atoms with Gasteiger partial charge in [0.2, 0.25) is 0 Å². The first kappa shape index (κ1) is 11.5. The molecule has 0 bridgehead atoms. The van der Waals surface area contributed by atoms with Crippen LogP contribution in [0.25, 0.3) is 0 Å². The Hall–Kier alpha value is -1.60. The predicted molar refractivity (Wildman–Crippen MR) is 52.8 cm³/mol. The van der Waals surface area contributed by atoms with E-state index in [1.807, 2.05) is 6.07 Å². The van der Waals surface area contributed by atoms with E-state index in [4.69, 9.17) is 10.00 Å². The number of hydrogen-bond donors (Lipinski definition) is 1. The van der Waals surface area contributed by atoms with Gasteiger partial charge in [-0.1, -0.05) is 6.07 Å². The predicted octanol–water partition coefficient (Wildman–Crippen LogP) is 2.17. The summed E-state index contributed by atoms with van der Waals surface area (Å²) in [5, 5.41) is 17.9. The summed E-state index contributed by atoms with van der Waals surface area (Å²) >= 11 is 0. The molecule has 1 aromatic carbocycles. The molecule has 0 aliphatic carbocycles. The van der Waals surface area contributed by atoms with Gasteiger partial charge >= 0.3 is 0 Å². The highest BCUT2D eigenvalue weighted by atomic mass is 19.1. The molecule has 0 aliphatic rings. The van der Waals surface area contributed by atoms with E-state index >= 15 is 0 Å². The Labute approximate surface area is 87.7 Å². The van der Waals surface area contributed by atoms with Crippen LogP contribution in [0.15, 0.2) is 18.2 Å². The summed E-state index contributed by atoms with van der Waals surface area (Å²) in [7, 11) is 1.38. The van der Waals surface area contributed by atoms with E-state index in [1.165, 1.54) is 19.2 Å². The molecule has 0 aromatic heterocycles. The number of ether oxygens (including phenoxy) is 1. The summed E-state index contributed by atoms with van der Waals surface area (Å²) in [6.45, 7) is 0. The second-order valence-corrected chi connectivity index (χ2v) is 3.11. The molecule has 0 amide bonds. The molecule has 0 fully saturated rings. The summed E-state index contributed by atoms with van der Waals surface area (Å²) < 4.78 is 18.0. The SMILES string of the molecule is COc1ccc(C(O)CCC#N)cc1F. The number of aliphatic hydroxyl groups is 1. The van der Waals surface area contributed by atoms with Gasteiger partial charge in [0, 0.05) is 6.42 Å². The van der Waals surface area contributed by atoms with Crippen molar-refractivity contribution in [3.63, 3.8) is 0 Å². The van der Waals surface area contributed by atoms with E-state index < -0.39 is 11.9 Å². The van der Waals surface area contributed by atoms with Gasteiger partial charge in [-0.2, -0.15) is 5.26 Å². The van der Waals surface area contributed by atoms with Crippen molar-refractivity contribution < 1.29 is 14.2 Å². The van der Waals surface area contributed by atoms with Crippen molar-refractivity contribution in [3.8, 4) is 11.8 Å². The first-order valence-electron chi connectivity index (χ1n) is 4.57. The van der Waals surface area contributed by atoms with Crippen LogP contribution in [0, 0.1) is 17.1 Å². The molecular formula is C11H12FNO2. The molecule has 15 heavy (non-hydrogen) atoms. The van der Waals surface area contributed by atoms with Crippen molar-refractivity contribution in [1.82, 2.24) is 0 Å². The Morgan fingerprint density at radius 3 is 2.87 bits per heavy atom. The summed E-state index contributed by atoms with van der Waals surface area (Å²) in [6.07, 6.45) is -0.248. The maximum Gasteiger partial charge on any atom is 0.165 e. The van der Waals surface area contributed by atoms with Gasteiger partial charge in [0.05, 0.1) is 19.3 Å². The first-order chi connectivity index (χ1) is 7.19. The van der Waals surface area contributed by atoms with E-state index in [9.17, 15) is 9.50 Å². The lowest BCUT2D eigenvalue weighted by Gasteiger charge is -2.10. The fourth-order valence-electron chi connectivity index (χ4n) is 1.26. The van der Waals surface area contributed by atoms with Crippen LogP contribution in [0.2, 0.25) is 0 Å². The number of nitriles is 1. The molecule has 1 N–H and O–H groups in total.